The van der Waals surface area contributed by atoms with Gasteiger partial charge in [-0.15, -0.1) is 0 Å². The number of hydrogen-bond donors (Lipinski definition) is 1. The van der Waals surface area contributed by atoms with Crippen LogP contribution in [-0.2, 0) is 19.1 Å². The van der Waals surface area contributed by atoms with Gasteiger partial charge in [-0.3, -0.25) is 10.1 Å². The highest BCUT2D eigenvalue weighted by Crippen LogP contribution is 2.40. The number of rotatable bonds is 5. The molecule has 9 nitrogen and oxygen atoms in total. The average Bonchev–Trinajstić information content (AvgIpc) is 2.60. The van der Waals surface area contributed by atoms with Crippen molar-refractivity contribution in [2.24, 2.45) is 0 Å². The molecule has 1 aliphatic rings. The van der Waals surface area contributed by atoms with Crippen LogP contribution in [-0.4, -0.2) is 41.6 Å². The van der Waals surface area contributed by atoms with E-state index in [1.165, 1.54) is 19.2 Å². The minimum absolute atomic E-state index is 0. The zero-order chi connectivity index (χ0) is 19.5. The van der Waals surface area contributed by atoms with Crippen LogP contribution in [0.15, 0.2) is 35.5 Å². The third kappa shape index (κ3) is 4.43. The molecule has 9 heteroatoms. The number of benzene rings is 1. The fourth-order valence-corrected chi connectivity index (χ4v) is 3.31. The molecular weight excluding hydrogens is 356 g/mol. The summed E-state index contributed by atoms with van der Waals surface area (Å²) in [6.45, 7) is 5.25. The number of nitro benzene ring substituents is 1. The second-order valence-electron chi connectivity index (χ2n) is 6.32. The Labute approximate surface area is 156 Å². The maximum Gasteiger partial charge on any atom is 0.336 e. The van der Waals surface area contributed by atoms with E-state index in [-0.39, 0.29) is 24.2 Å². The molecule has 0 aliphatic carbocycles. The summed E-state index contributed by atoms with van der Waals surface area (Å²) in [6.07, 6.45) is 0.201. The Bertz CT molecular complexity index is 775. The number of allylic oxidation sites excluding steroid dienone is 1. The molecule has 1 aromatic rings. The molecule has 1 heterocycles. The number of esters is 2. The monoisotopic (exact) mass is 380 g/mol. The molecule has 3 N–H and O–H groups in total. The van der Waals surface area contributed by atoms with Gasteiger partial charge in [0.25, 0.3) is 5.69 Å². The number of nitro groups is 1. The Balaban J connectivity index is 0.00000364. The van der Waals surface area contributed by atoms with Gasteiger partial charge in [0.2, 0.25) is 0 Å². The predicted octanol–water partition coefficient (Wildman–Crippen LogP) is 1.62. The van der Waals surface area contributed by atoms with Gasteiger partial charge in [0, 0.05) is 23.7 Å². The zero-order valence-electron chi connectivity index (χ0n) is 15.7. The van der Waals surface area contributed by atoms with Gasteiger partial charge in [-0.05, 0) is 32.8 Å². The Morgan fingerprint density at radius 2 is 2.07 bits per heavy atom. The summed E-state index contributed by atoms with van der Waals surface area (Å²) in [7, 11) is 1.29. The average molecular weight is 380 g/mol. The van der Waals surface area contributed by atoms with Crippen LogP contribution in [0.4, 0.5) is 5.69 Å². The summed E-state index contributed by atoms with van der Waals surface area (Å²) >= 11 is 0. The van der Waals surface area contributed by atoms with Crippen LogP contribution in [0.25, 0.3) is 0 Å². The number of carbonyl (C=O) groups excluding carboxylic acids is 2. The molecule has 2 unspecified atom stereocenters. The summed E-state index contributed by atoms with van der Waals surface area (Å²) in [5, 5.41) is 14.2. The molecule has 0 saturated carbocycles. The lowest BCUT2D eigenvalue weighted by Gasteiger charge is -2.39. The SMILES string of the molecule is CCOC(=O)C1=C(C)NC(C)(C(=O)OC)CC1c1cccc([N+](=O)[O-])c1.O. The molecule has 27 heavy (non-hydrogen) atoms. The highest BCUT2D eigenvalue weighted by atomic mass is 16.6. The number of non-ortho nitro benzene ring substituents is 1. The number of methoxy groups -OCH3 is 1. The van der Waals surface area contributed by atoms with Crippen LogP contribution in [0.1, 0.15) is 38.7 Å². The lowest BCUT2D eigenvalue weighted by Crippen LogP contribution is -2.53. The normalized spacial score (nSPS) is 21.6. The van der Waals surface area contributed by atoms with Gasteiger partial charge in [0.05, 0.1) is 24.2 Å². The summed E-state index contributed by atoms with van der Waals surface area (Å²) in [4.78, 5) is 35.4. The maximum atomic E-state index is 12.5. The third-order valence-electron chi connectivity index (χ3n) is 4.44. The van der Waals surface area contributed by atoms with Gasteiger partial charge >= 0.3 is 11.9 Å². The predicted molar refractivity (Wildman–Crippen MR) is 97.0 cm³/mol. The molecule has 148 valence electrons. The van der Waals surface area contributed by atoms with Gasteiger partial charge in [-0.2, -0.15) is 0 Å². The first-order valence-corrected chi connectivity index (χ1v) is 8.22. The van der Waals surface area contributed by atoms with Crippen molar-refractivity contribution in [3.05, 3.63) is 51.2 Å². The van der Waals surface area contributed by atoms with Crippen molar-refractivity contribution in [3.63, 3.8) is 0 Å². The molecule has 0 saturated heterocycles. The van der Waals surface area contributed by atoms with E-state index >= 15 is 0 Å². The number of nitrogens with one attached hydrogen (secondary N) is 1. The lowest BCUT2D eigenvalue weighted by molar-refractivity contribution is -0.384. The minimum Gasteiger partial charge on any atom is -0.467 e. The van der Waals surface area contributed by atoms with Crippen molar-refractivity contribution in [2.45, 2.75) is 38.6 Å². The van der Waals surface area contributed by atoms with E-state index in [4.69, 9.17) is 9.47 Å². The van der Waals surface area contributed by atoms with E-state index in [2.05, 4.69) is 5.32 Å². The molecule has 0 amide bonds. The third-order valence-corrected chi connectivity index (χ3v) is 4.44. The Morgan fingerprint density at radius 3 is 2.63 bits per heavy atom. The molecule has 1 aromatic carbocycles. The van der Waals surface area contributed by atoms with E-state index < -0.39 is 28.3 Å². The molecule has 0 radical (unpaired) electrons. The Morgan fingerprint density at radius 1 is 1.41 bits per heavy atom. The Kier molecular flexibility index (Phi) is 7.06. The second kappa shape index (κ2) is 8.63. The first-order chi connectivity index (χ1) is 12.2. The van der Waals surface area contributed by atoms with E-state index in [9.17, 15) is 19.7 Å². The fourth-order valence-electron chi connectivity index (χ4n) is 3.31. The molecule has 0 spiro atoms. The molecule has 1 aliphatic heterocycles. The van der Waals surface area contributed by atoms with Gasteiger partial charge in [0.1, 0.15) is 5.54 Å². The van der Waals surface area contributed by atoms with Crippen molar-refractivity contribution in [3.8, 4) is 0 Å². The standard InChI is InChI=1S/C18H22N2O6.H2O/c1-5-26-16(21)15-11(2)19-18(3,17(22)25-4)10-14(15)12-7-6-8-13(9-12)20(23)24;/h6-9,14,19H,5,10H2,1-4H3;1H2. The zero-order valence-corrected chi connectivity index (χ0v) is 15.7. The highest BCUT2D eigenvalue weighted by Gasteiger charge is 2.44. The summed E-state index contributed by atoms with van der Waals surface area (Å²) in [6, 6.07) is 6.06. The topological polar surface area (TPSA) is 139 Å². The minimum atomic E-state index is -1.07. The number of hydrogen-bond acceptors (Lipinski definition) is 7. The molecule has 0 fully saturated rings. The van der Waals surface area contributed by atoms with E-state index in [1.54, 1.807) is 32.9 Å². The van der Waals surface area contributed by atoms with E-state index in [0.717, 1.165) is 0 Å². The molecule has 0 aromatic heterocycles. The van der Waals surface area contributed by atoms with Gasteiger partial charge in [-0.1, -0.05) is 12.1 Å². The van der Waals surface area contributed by atoms with Crippen LogP contribution in [0.5, 0.6) is 0 Å². The van der Waals surface area contributed by atoms with E-state index in [1.807, 2.05) is 0 Å². The maximum absolute atomic E-state index is 12.5. The van der Waals surface area contributed by atoms with Gasteiger partial charge < -0.3 is 20.3 Å². The summed E-state index contributed by atoms with van der Waals surface area (Å²) < 4.78 is 10.0. The van der Waals surface area contributed by atoms with Gasteiger partial charge in [0.15, 0.2) is 0 Å². The van der Waals surface area contributed by atoms with Crippen LogP contribution in [0.2, 0.25) is 0 Å². The number of ether oxygens (including phenoxy) is 2. The molecular formula is C18H24N2O7. The van der Waals surface area contributed by atoms with Crippen LogP contribution in [0, 0.1) is 10.1 Å². The van der Waals surface area contributed by atoms with Crippen LogP contribution in [0.3, 0.4) is 0 Å². The Hall–Kier alpha value is -2.94. The van der Waals surface area contributed by atoms with Crippen molar-refractivity contribution < 1.29 is 29.5 Å². The van der Waals surface area contributed by atoms with Crippen molar-refractivity contribution in [1.29, 1.82) is 0 Å². The van der Waals surface area contributed by atoms with Crippen LogP contribution >= 0.6 is 0 Å². The summed E-state index contributed by atoms with van der Waals surface area (Å²) in [5.41, 5.74) is 0.261. The largest absolute Gasteiger partial charge is 0.467 e. The second-order valence-corrected chi connectivity index (χ2v) is 6.32. The number of carbonyl (C=O) groups is 2. The van der Waals surface area contributed by atoms with Crippen molar-refractivity contribution >= 4 is 17.6 Å². The highest BCUT2D eigenvalue weighted by molar-refractivity contribution is 5.93. The summed E-state index contributed by atoms with van der Waals surface area (Å²) in [5.74, 6) is -1.53. The smallest absolute Gasteiger partial charge is 0.336 e. The quantitative estimate of drug-likeness (QED) is 0.465. The van der Waals surface area contributed by atoms with Crippen LogP contribution < -0.4 is 5.32 Å². The lowest BCUT2D eigenvalue weighted by atomic mass is 9.76. The first-order valence-electron chi connectivity index (χ1n) is 8.22. The molecule has 2 rings (SSSR count). The van der Waals surface area contributed by atoms with E-state index in [0.29, 0.717) is 16.8 Å². The molecule has 0 bridgehead atoms. The van der Waals surface area contributed by atoms with Crippen molar-refractivity contribution in [2.75, 3.05) is 13.7 Å². The van der Waals surface area contributed by atoms with Crippen molar-refractivity contribution in [1.82, 2.24) is 5.32 Å². The first kappa shape index (κ1) is 22.1. The molecule has 2 atom stereocenters. The number of nitrogens with zero attached hydrogens (tertiary/aromatic N) is 1. The fraction of sp³-hybridized carbons (Fsp3) is 0.444. The van der Waals surface area contributed by atoms with Gasteiger partial charge in [-0.25, -0.2) is 9.59 Å².